The highest BCUT2D eigenvalue weighted by Gasteiger charge is 2.03. The Kier molecular flexibility index (Phi) is 4.61. The van der Waals surface area contributed by atoms with E-state index < -0.39 is 6.10 Å². The fourth-order valence-electron chi connectivity index (χ4n) is 2.03. The average Bonchev–Trinajstić information content (AvgIpc) is 2.36. The average molecular weight is 273 g/mol. The third-order valence-corrected chi connectivity index (χ3v) is 3.92. The van der Waals surface area contributed by atoms with Crippen molar-refractivity contribution < 1.29 is 5.11 Å². The molecule has 2 nitrogen and oxygen atoms in total. The van der Waals surface area contributed by atoms with Crippen LogP contribution in [-0.2, 0) is 5.75 Å². The number of aliphatic hydroxyl groups excluding tert-OH is 1. The Morgan fingerprint density at radius 1 is 1.16 bits per heavy atom. The van der Waals surface area contributed by atoms with Crippen molar-refractivity contribution in [3.8, 4) is 0 Å². The molecule has 1 unspecified atom stereocenters. The van der Waals surface area contributed by atoms with Crippen LogP contribution in [0.5, 0.6) is 0 Å². The summed E-state index contributed by atoms with van der Waals surface area (Å²) in [5.41, 5.74) is 4.78. The first-order chi connectivity index (χ1) is 9.04. The predicted molar refractivity (Wildman–Crippen MR) is 80.3 cm³/mol. The minimum absolute atomic E-state index is 0.453. The summed E-state index contributed by atoms with van der Waals surface area (Å²) in [5, 5.41) is 10.4. The van der Waals surface area contributed by atoms with Gasteiger partial charge < -0.3 is 5.11 Å². The highest BCUT2D eigenvalue weighted by Crippen LogP contribution is 2.23. The molecule has 0 fully saturated rings. The van der Waals surface area contributed by atoms with E-state index in [1.807, 2.05) is 12.1 Å². The van der Waals surface area contributed by atoms with Gasteiger partial charge in [0, 0.05) is 11.9 Å². The lowest BCUT2D eigenvalue weighted by Gasteiger charge is -2.06. The van der Waals surface area contributed by atoms with Gasteiger partial charge in [0.1, 0.15) is 0 Å². The number of rotatable bonds is 4. The van der Waals surface area contributed by atoms with Crippen LogP contribution in [0.2, 0.25) is 0 Å². The smallest absolute Gasteiger partial charge is 0.0963 e. The molecule has 3 heteroatoms. The lowest BCUT2D eigenvalue weighted by molar-refractivity contribution is 0.198. The van der Waals surface area contributed by atoms with E-state index in [0.717, 1.165) is 16.3 Å². The molecule has 0 radical (unpaired) electrons. The topological polar surface area (TPSA) is 33.1 Å². The molecule has 0 bridgehead atoms. The van der Waals surface area contributed by atoms with E-state index in [9.17, 15) is 5.11 Å². The van der Waals surface area contributed by atoms with Crippen LogP contribution >= 0.6 is 11.8 Å². The maximum Gasteiger partial charge on any atom is 0.0963 e. The zero-order valence-corrected chi connectivity index (χ0v) is 12.4. The molecule has 19 heavy (non-hydrogen) atoms. The maximum absolute atomic E-state index is 9.44. The van der Waals surface area contributed by atoms with Gasteiger partial charge in [-0.05, 0) is 38.0 Å². The largest absolute Gasteiger partial charge is 0.389 e. The summed E-state index contributed by atoms with van der Waals surface area (Å²) >= 11 is 1.72. The minimum Gasteiger partial charge on any atom is -0.389 e. The molecule has 1 aromatic carbocycles. The van der Waals surface area contributed by atoms with Gasteiger partial charge in [-0.15, -0.1) is 11.8 Å². The Hall–Kier alpha value is -1.32. The Balaban J connectivity index is 2.02. The molecule has 2 rings (SSSR count). The van der Waals surface area contributed by atoms with E-state index in [1.165, 1.54) is 16.7 Å². The van der Waals surface area contributed by atoms with E-state index in [2.05, 4.69) is 37.0 Å². The number of aliphatic hydroxyl groups is 1. The number of hydrogen-bond donors (Lipinski definition) is 1. The van der Waals surface area contributed by atoms with Crippen molar-refractivity contribution >= 4 is 11.8 Å². The van der Waals surface area contributed by atoms with Crippen LogP contribution in [0.4, 0.5) is 0 Å². The Morgan fingerprint density at radius 2 is 1.84 bits per heavy atom. The number of aromatic nitrogens is 1. The van der Waals surface area contributed by atoms with E-state index in [1.54, 1.807) is 24.9 Å². The molecule has 1 atom stereocenters. The molecular formula is C16H19NOS. The van der Waals surface area contributed by atoms with Gasteiger partial charge >= 0.3 is 0 Å². The van der Waals surface area contributed by atoms with Crippen molar-refractivity contribution in [3.63, 3.8) is 0 Å². The normalized spacial score (nSPS) is 12.4. The zero-order chi connectivity index (χ0) is 13.8. The molecule has 0 saturated carbocycles. The Bertz CT molecular complexity index is 529. The van der Waals surface area contributed by atoms with Crippen LogP contribution in [0.15, 0.2) is 41.6 Å². The first kappa shape index (κ1) is 14.1. The Labute approximate surface area is 118 Å². The molecule has 1 heterocycles. The molecular weight excluding hydrogens is 254 g/mol. The van der Waals surface area contributed by atoms with Crippen molar-refractivity contribution in [2.45, 2.75) is 37.7 Å². The maximum atomic E-state index is 9.44. The first-order valence-corrected chi connectivity index (χ1v) is 7.37. The molecule has 1 N–H and O–H groups in total. The van der Waals surface area contributed by atoms with Crippen LogP contribution in [0.1, 0.15) is 35.3 Å². The molecule has 0 aliphatic heterocycles. The Morgan fingerprint density at radius 3 is 2.37 bits per heavy atom. The number of pyridine rings is 1. The minimum atomic E-state index is -0.453. The molecule has 0 amide bonds. The summed E-state index contributed by atoms with van der Waals surface area (Å²) in [6.07, 6.45) is 1.29. The van der Waals surface area contributed by atoms with Gasteiger partial charge in [0.25, 0.3) is 0 Å². The van der Waals surface area contributed by atoms with Crippen molar-refractivity contribution in [3.05, 3.63) is 58.8 Å². The summed E-state index contributed by atoms with van der Waals surface area (Å²) in [7, 11) is 0. The second-order valence-corrected chi connectivity index (χ2v) is 5.89. The SMILES string of the molecule is Cc1cc(C)cc(CSc2ccc(C(C)O)cn2)c1. The van der Waals surface area contributed by atoms with Crippen LogP contribution < -0.4 is 0 Å². The van der Waals surface area contributed by atoms with Gasteiger partial charge in [-0.1, -0.05) is 35.4 Å². The van der Waals surface area contributed by atoms with Gasteiger partial charge in [0.05, 0.1) is 11.1 Å². The van der Waals surface area contributed by atoms with E-state index >= 15 is 0 Å². The number of aryl methyl sites for hydroxylation is 2. The number of benzene rings is 1. The predicted octanol–water partition coefficient (Wildman–Crippen LogP) is 4.04. The van der Waals surface area contributed by atoms with Crippen LogP contribution in [0.3, 0.4) is 0 Å². The van der Waals surface area contributed by atoms with Crippen LogP contribution in [0, 0.1) is 13.8 Å². The summed E-state index contributed by atoms with van der Waals surface area (Å²) in [4.78, 5) is 4.36. The lowest BCUT2D eigenvalue weighted by Crippen LogP contribution is -1.92. The summed E-state index contributed by atoms with van der Waals surface area (Å²) in [6, 6.07) is 10.5. The van der Waals surface area contributed by atoms with Crippen molar-refractivity contribution in [1.82, 2.24) is 4.98 Å². The number of thioether (sulfide) groups is 1. The van der Waals surface area contributed by atoms with E-state index in [0.29, 0.717) is 0 Å². The second kappa shape index (κ2) is 6.22. The van der Waals surface area contributed by atoms with E-state index in [-0.39, 0.29) is 0 Å². The zero-order valence-electron chi connectivity index (χ0n) is 11.6. The summed E-state index contributed by atoms with van der Waals surface area (Å²) in [5.74, 6) is 0.920. The summed E-state index contributed by atoms with van der Waals surface area (Å²) < 4.78 is 0. The molecule has 0 saturated heterocycles. The van der Waals surface area contributed by atoms with Crippen molar-refractivity contribution in [2.24, 2.45) is 0 Å². The number of hydrogen-bond acceptors (Lipinski definition) is 3. The van der Waals surface area contributed by atoms with Gasteiger partial charge in [0.15, 0.2) is 0 Å². The molecule has 0 spiro atoms. The first-order valence-electron chi connectivity index (χ1n) is 6.38. The molecule has 2 aromatic rings. The van der Waals surface area contributed by atoms with Gasteiger partial charge in [-0.3, -0.25) is 0 Å². The molecule has 1 aromatic heterocycles. The second-order valence-electron chi connectivity index (χ2n) is 4.89. The standard InChI is InChI=1S/C16H19NOS/c1-11-6-12(2)8-14(7-11)10-19-16-5-4-15(9-17-16)13(3)18/h4-9,13,18H,10H2,1-3H3. The van der Waals surface area contributed by atoms with Crippen LogP contribution in [-0.4, -0.2) is 10.1 Å². The van der Waals surface area contributed by atoms with Gasteiger partial charge in [0.2, 0.25) is 0 Å². The van der Waals surface area contributed by atoms with Crippen molar-refractivity contribution in [1.29, 1.82) is 0 Å². The quantitative estimate of drug-likeness (QED) is 0.853. The fourth-order valence-corrected chi connectivity index (χ4v) is 2.81. The lowest BCUT2D eigenvalue weighted by atomic mass is 10.1. The van der Waals surface area contributed by atoms with Gasteiger partial charge in [-0.25, -0.2) is 4.98 Å². The molecule has 100 valence electrons. The third-order valence-electron chi connectivity index (χ3n) is 2.91. The fraction of sp³-hybridized carbons (Fsp3) is 0.312. The highest BCUT2D eigenvalue weighted by atomic mass is 32.2. The number of nitrogens with zero attached hydrogens (tertiary/aromatic N) is 1. The van der Waals surface area contributed by atoms with Crippen molar-refractivity contribution in [2.75, 3.05) is 0 Å². The van der Waals surface area contributed by atoms with E-state index in [4.69, 9.17) is 0 Å². The molecule has 0 aliphatic rings. The highest BCUT2D eigenvalue weighted by molar-refractivity contribution is 7.98. The monoisotopic (exact) mass is 273 g/mol. The molecule has 0 aliphatic carbocycles. The summed E-state index contributed by atoms with van der Waals surface area (Å²) in [6.45, 7) is 5.99. The van der Waals surface area contributed by atoms with Gasteiger partial charge in [-0.2, -0.15) is 0 Å². The third kappa shape index (κ3) is 4.08. The van der Waals surface area contributed by atoms with Crippen LogP contribution in [0.25, 0.3) is 0 Å².